The van der Waals surface area contributed by atoms with Crippen LogP contribution in [-0.2, 0) is 0 Å². The van der Waals surface area contributed by atoms with Gasteiger partial charge in [0.05, 0.1) is 30.0 Å². The second-order valence-corrected chi connectivity index (χ2v) is 9.20. The molecule has 2 atom stereocenters. The maximum Gasteiger partial charge on any atom is 0.142 e. The first kappa shape index (κ1) is 22.0. The number of alkyl halides is 1. The van der Waals surface area contributed by atoms with Gasteiger partial charge in [-0.15, -0.1) is 11.8 Å². The van der Waals surface area contributed by atoms with Crippen LogP contribution in [0.3, 0.4) is 0 Å². The van der Waals surface area contributed by atoms with Gasteiger partial charge in [0.1, 0.15) is 23.6 Å². The molecule has 3 aromatic rings. The van der Waals surface area contributed by atoms with Gasteiger partial charge < -0.3 is 15.2 Å². The molecule has 31 heavy (non-hydrogen) atoms. The molecule has 0 saturated heterocycles. The molecule has 2 N–H and O–H groups in total. The number of methoxy groups -OCH3 is 1. The Kier molecular flexibility index (Phi) is 6.44. The molecule has 7 heteroatoms. The number of fused-ring (bicyclic) bond motifs is 1. The fourth-order valence-electron chi connectivity index (χ4n) is 4.25. The van der Waals surface area contributed by atoms with Crippen molar-refractivity contribution in [2.24, 2.45) is 5.92 Å². The van der Waals surface area contributed by atoms with Crippen LogP contribution in [0.4, 0.5) is 10.1 Å². The highest BCUT2D eigenvalue weighted by atomic mass is 32.2. The molecule has 5 nitrogen and oxygen atoms in total. The molecule has 2 heterocycles. The fourth-order valence-corrected chi connectivity index (χ4v) is 4.78. The van der Waals surface area contributed by atoms with E-state index in [1.807, 2.05) is 35.0 Å². The number of ether oxygens (including phenoxy) is 1. The standard InChI is InChI=1S/C24H30FN3O2S/c1-14-10-15(2)22(21(11-14)30-3)18-6-5-7-19-23(24(31-4)27-28(18)19)26-17(20(29)13-25)12-16-8-9-16/h5-7,10-11,16-17,20,26,29H,8-9,12-13H2,1-4H3. The molecule has 1 aliphatic carbocycles. The van der Waals surface area contributed by atoms with E-state index in [1.165, 1.54) is 11.8 Å². The minimum atomic E-state index is -1.03. The molecule has 0 radical (unpaired) electrons. The number of nitrogens with one attached hydrogen (secondary N) is 1. The van der Waals surface area contributed by atoms with Crippen LogP contribution in [-0.4, -0.2) is 46.9 Å². The highest BCUT2D eigenvalue weighted by Gasteiger charge is 2.31. The van der Waals surface area contributed by atoms with E-state index in [0.29, 0.717) is 5.92 Å². The van der Waals surface area contributed by atoms with Crippen LogP contribution in [0.2, 0.25) is 0 Å². The van der Waals surface area contributed by atoms with Crippen molar-refractivity contribution in [1.82, 2.24) is 9.61 Å². The van der Waals surface area contributed by atoms with Crippen LogP contribution in [0, 0.1) is 19.8 Å². The summed E-state index contributed by atoms with van der Waals surface area (Å²) in [6.07, 6.45) is 4.01. The lowest BCUT2D eigenvalue weighted by Gasteiger charge is -2.23. The van der Waals surface area contributed by atoms with E-state index < -0.39 is 12.8 Å². The average molecular weight is 444 g/mol. The molecule has 0 amide bonds. The van der Waals surface area contributed by atoms with Gasteiger partial charge in [-0.3, -0.25) is 0 Å². The van der Waals surface area contributed by atoms with Crippen molar-refractivity contribution >= 4 is 23.0 Å². The van der Waals surface area contributed by atoms with Crippen LogP contribution < -0.4 is 10.1 Å². The van der Waals surface area contributed by atoms with E-state index in [1.54, 1.807) is 7.11 Å². The third kappa shape index (κ3) is 4.39. The van der Waals surface area contributed by atoms with Gasteiger partial charge in [0.15, 0.2) is 0 Å². The number of rotatable bonds is 9. The fraction of sp³-hybridized carbons (Fsp3) is 0.458. The zero-order valence-electron chi connectivity index (χ0n) is 18.5. The van der Waals surface area contributed by atoms with Crippen LogP contribution in [0.25, 0.3) is 16.8 Å². The van der Waals surface area contributed by atoms with Gasteiger partial charge in [0.25, 0.3) is 0 Å². The number of aryl methyl sites for hydroxylation is 2. The molecule has 2 aromatic heterocycles. The summed E-state index contributed by atoms with van der Waals surface area (Å²) in [4.78, 5) is 0. The SMILES string of the molecule is COc1cc(C)cc(C)c1-c1cccc2c(NC(CC3CC3)C(O)CF)c(SC)nn12. The third-order valence-electron chi connectivity index (χ3n) is 5.97. The predicted molar refractivity (Wildman–Crippen MR) is 125 cm³/mol. The number of anilines is 1. The third-order valence-corrected chi connectivity index (χ3v) is 6.65. The number of hydrogen-bond acceptors (Lipinski definition) is 5. The van der Waals surface area contributed by atoms with E-state index in [9.17, 15) is 9.50 Å². The second kappa shape index (κ2) is 9.09. The van der Waals surface area contributed by atoms with Crippen molar-refractivity contribution in [2.75, 3.05) is 25.4 Å². The van der Waals surface area contributed by atoms with Crippen molar-refractivity contribution in [3.8, 4) is 17.0 Å². The molecule has 1 saturated carbocycles. The first-order chi connectivity index (χ1) is 15.0. The average Bonchev–Trinajstić information content (AvgIpc) is 3.51. The van der Waals surface area contributed by atoms with E-state index in [0.717, 1.165) is 63.6 Å². The first-order valence-corrected chi connectivity index (χ1v) is 11.9. The van der Waals surface area contributed by atoms with Crippen molar-refractivity contribution in [3.05, 3.63) is 41.5 Å². The lowest BCUT2D eigenvalue weighted by atomic mass is 10.0. The smallest absolute Gasteiger partial charge is 0.142 e. The zero-order valence-corrected chi connectivity index (χ0v) is 19.3. The monoisotopic (exact) mass is 443 g/mol. The van der Waals surface area contributed by atoms with Crippen LogP contribution >= 0.6 is 11.8 Å². The number of pyridine rings is 1. The minimum Gasteiger partial charge on any atom is -0.496 e. The minimum absolute atomic E-state index is 0.337. The van der Waals surface area contributed by atoms with E-state index in [-0.39, 0.29) is 6.04 Å². The van der Waals surface area contributed by atoms with Crippen LogP contribution in [0.1, 0.15) is 30.4 Å². The van der Waals surface area contributed by atoms with Crippen LogP contribution in [0.5, 0.6) is 5.75 Å². The largest absolute Gasteiger partial charge is 0.496 e. The maximum atomic E-state index is 13.3. The Morgan fingerprint density at radius 3 is 2.74 bits per heavy atom. The summed E-state index contributed by atoms with van der Waals surface area (Å²) in [5.41, 5.74) is 5.92. The highest BCUT2D eigenvalue weighted by Crippen LogP contribution is 2.39. The van der Waals surface area contributed by atoms with Gasteiger partial charge in [-0.1, -0.05) is 25.0 Å². The van der Waals surface area contributed by atoms with Gasteiger partial charge >= 0.3 is 0 Å². The molecule has 1 fully saturated rings. The predicted octanol–water partition coefficient (Wildman–Crippen LogP) is 5.26. The highest BCUT2D eigenvalue weighted by molar-refractivity contribution is 7.98. The van der Waals surface area contributed by atoms with E-state index >= 15 is 0 Å². The van der Waals surface area contributed by atoms with E-state index in [2.05, 4.69) is 25.2 Å². The number of halogens is 1. The zero-order chi connectivity index (χ0) is 22.1. The molecule has 0 bridgehead atoms. The van der Waals surface area contributed by atoms with Gasteiger partial charge in [-0.2, -0.15) is 5.10 Å². The number of thioether (sulfide) groups is 1. The van der Waals surface area contributed by atoms with E-state index in [4.69, 9.17) is 9.84 Å². The summed E-state index contributed by atoms with van der Waals surface area (Å²) in [7, 11) is 1.68. The summed E-state index contributed by atoms with van der Waals surface area (Å²) in [5, 5.41) is 19.4. The number of benzene rings is 1. The molecule has 4 rings (SSSR count). The number of nitrogens with zero attached hydrogens (tertiary/aromatic N) is 2. The first-order valence-electron chi connectivity index (χ1n) is 10.7. The Labute approximate surface area is 187 Å². The lowest BCUT2D eigenvalue weighted by Crippen LogP contribution is -2.35. The number of aromatic nitrogens is 2. The molecular weight excluding hydrogens is 413 g/mol. The van der Waals surface area contributed by atoms with Crippen molar-refractivity contribution in [3.63, 3.8) is 0 Å². The molecule has 1 aliphatic rings. The number of hydrogen-bond donors (Lipinski definition) is 2. The van der Waals surface area contributed by atoms with Crippen molar-refractivity contribution in [1.29, 1.82) is 0 Å². The summed E-state index contributed by atoms with van der Waals surface area (Å²) in [6.45, 7) is 3.37. The summed E-state index contributed by atoms with van der Waals surface area (Å²) in [5.74, 6) is 1.37. The topological polar surface area (TPSA) is 58.8 Å². The summed E-state index contributed by atoms with van der Waals surface area (Å²) >= 11 is 1.54. The second-order valence-electron chi connectivity index (χ2n) is 8.40. The Balaban J connectivity index is 1.83. The molecule has 0 spiro atoms. The van der Waals surface area contributed by atoms with Gasteiger partial charge in [-0.05, 0) is 61.8 Å². The number of aliphatic hydroxyl groups excluding tert-OH is 1. The van der Waals surface area contributed by atoms with Crippen molar-refractivity contribution < 1.29 is 14.2 Å². The maximum absolute atomic E-state index is 13.3. The van der Waals surface area contributed by atoms with Gasteiger partial charge in [-0.25, -0.2) is 8.91 Å². The van der Waals surface area contributed by atoms with Gasteiger partial charge in [0, 0.05) is 5.56 Å². The van der Waals surface area contributed by atoms with Crippen LogP contribution in [0.15, 0.2) is 35.4 Å². The molecule has 2 unspecified atom stereocenters. The Hall–Kier alpha value is -2.25. The molecule has 1 aromatic carbocycles. The normalized spacial score (nSPS) is 15.8. The Morgan fingerprint density at radius 2 is 2.10 bits per heavy atom. The Bertz CT molecular complexity index is 1080. The lowest BCUT2D eigenvalue weighted by molar-refractivity contribution is 0.115. The summed E-state index contributed by atoms with van der Waals surface area (Å²) < 4.78 is 21.0. The molecular formula is C24H30FN3O2S. The number of aliphatic hydroxyl groups is 1. The van der Waals surface area contributed by atoms with Crippen molar-refractivity contribution in [2.45, 2.75) is 50.3 Å². The van der Waals surface area contributed by atoms with Gasteiger partial charge in [0.2, 0.25) is 0 Å². The summed E-state index contributed by atoms with van der Waals surface area (Å²) in [6, 6.07) is 9.87. The molecule has 0 aliphatic heterocycles. The quantitative estimate of drug-likeness (QED) is 0.442. The Morgan fingerprint density at radius 1 is 1.32 bits per heavy atom. The molecule has 166 valence electrons.